The summed E-state index contributed by atoms with van der Waals surface area (Å²) in [5, 5.41) is -14.0. The molecule has 0 aliphatic carbocycles. The van der Waals surface area contributed by atoms with Crippen molar-refractivity contribution in [2.75, 3.05) is 26.7 Å². The van der Waals surface area contributed by atoms with E-state index in [1.165, 1.54) is 62.6 Å². The van der Waals surface area contributed by atoms with E-state index in [-0.39, 0.29) is 0 Å². The van der Waals surface area contributed by atoms with Crippen molar-refractivity contribution in [1.29, 1.82) is 0 Å². The molecule has 1 aliphatic rings. The summed E-state index contributed by atoms with van der Waals surface area (Å²) < 4.78 is 162. The van der Waals surface area contributed by atoms with Gasteiger partial charge in [-0.25, -0.2) is 16.8 Å². The highest BCUT2D eigenvalue weighted by atomic mass is 32.3. The van der Waals surface area contributed by atoms with E-state index >= 15 is 0 Å². The molecule has 1 fully saturated rings. The van der Waals surface area contributed by atoms with Crippen LogP contribution in [0.25, 0.3) is 4.13 Å². The Hall–Kier alpha value is -0.880. The lowest BCUT2D eigenvalue weighted by molar-refractivity contribution is -0.914. The second kappa shape index (κ2) is 10.8. The predicted molar refractivity (Wildman–Crippen MR) is 97.4 cm³/mol. The van der Waals surface area contributed by atoms with E-state index in [9.17, 15) is 60.7 Å². The zero-order chi connectivity index (χ0) is 26.6. The molecule has 0 saturated carbocycles. The maximum Gasteiger partial charge on any atom is 0.467 e. The minimum Gasteiger partial charge on any atom is -0.425 e. The van der Waals surface area contributed by atoms with Crippen LogP contribution in [0.3, 0.4) is 0 Å². The van der Waals surface area contributed by atoms with E-state index < -0.39 is 42.9 Å². The number of hydrogen-bond donors (Lipinski definition) is 0. The summed E-state index contributed by atoms with van der Waals surface area (Å²) in [6, 6.07) is 0. The zero-order valence-corrected chi connectivity index (χ0v) is 19.1. The van der Waals surface area contributed by atoms with Crippen LogP contribution in [0.1, 0.15) is 45.4 Å². The van der Waals surface area contributed by atoms with E-state index in [1.54, 1.807) is 0 Å². The summed E-state index contributed by atoms with van der Waals surface area (Å²) >= 11 is 0. The summed E-state index contributed by atoms with van der Waals surface area (Å²) in [4.78, 5) is 0. The van der Waals surface area contributed by atoms with Crippen molar-refractivity contribution in [2.45, 2.75) is 68.3 Å². The van der Waals surface area contributed by atoms with Gasteiger partial charge in [-0.2, -0.15) is 43.9 Å². The summed E-state index contributed by atoms with van der Waals surface area (Å²) in [7, 11) is -12.8. The Morgan fingerprint density at radius 2 is 1.06 bits per heavy atom. The molecule has 18 heteroatoms. The molecule has 6 nitrogen and oxygen atoms in total. The molecule has 0 aromatic rings. The lowest BCUT2D eigenvalue weighted by atomic mass is 10.1. The number of hydrogen-bond acceptors (Lipinski definition) is 4. The first kappa shape index (κ1) is 32.1. The molecule has 0 amide bonds. The molecule has 0 atom stereocenters. The van der Waals surface area contributed by atoms with E-state index in [0.29, 0.717) is 4.13 Å². The van der Waals surface area contributed by atoms with E-state index in [4.69, 9.17) is 0 Å². The quantitative estimate of drug-likeness (QED) is 0.238. The summed E-state index contributed by atoms with van der Waals surface area (Å²) in [5.74, 6) is 0. The number of unbranched alkanes of at least 4 members (excludes halogenated alkanes) is 2. The Morgan fingerprint density at radius 3 is 1.36 bits per heavy atom. The van der Waals surface area contributed by atoms with E-state index in [0.717, 1.165) is 0 Å². The Labute approximate surface area is 185 Å². The molecule has 0 spiro atoms. The normalized spacial score (nSPS) is 18.4. The number of nitrogens with zero attached hydrogens (tertiary/aromatic N) is 2. The fourth-order valence-electron chi connectivity index (χ4n) is 2.76. The second-order valence-electron chi connectivity index (χ2n) is 7.61. The van der Waals surface area contributed by atoms with Crippen LogP contribution >= 0.6 is 0 Å². The molecule has 1 aliphatic heterocycles. The fourth-order valence-corrected chi connectivity index (χ4v) is 5.13. The number of sulfonamides is 2. The summed E-state index contributed by atoms with van der Waals surface area (Å²) in [6.07, 6.45) is -5.38. The highest BCUT2D eigenvalue weighted by molar-refractivity contribution is 8.13. The van der Waals surface area contributed by atoms with Crippen LogP contribution in [-0.4, -0.2) is 70.9 Å². The molecule has 0 aromatic heterocycles. The maximum atomic E-state index is 12.3. The third kappa shape index (κ3) is 8.09. The minimum absolute atomic E-state index is 0.422. The van der Waals surface area contributed by atoms with Crippen LogP contribution < -0.4 is 0 Å². The van der Waals surface area contributed by atoms with Gasteiger partial charge in [-0.15, -0.1) is 0 Å². The molecule has 0 radical (unpaired) electrons. The average Bonchev–Trinajstić information content (AvgIpc) is 2.60. The van der Waals surface area contributed by atoms with Gasteiger partial charge in [0.15, 0.2) is 20.0 Å². The highest BCUT2D eigenvalue weighted by Crippen LogP contribution is 2.47. The van der Waals surface area contributed by atoms with Gasteiger partial charge in [-0.3, -0.25) is 0 Å². The topological polar surface area (TPSA) is 82.4 Å². The Balaban J connectivity index is 0.000000716. The molecular formula is C15H24F10N2O4S2. The minimum atomic E-state index is -7.62. The van der Waals surface area contributed by atoms with Crippen molar-refractivity contribution in [2.24, 2.45) is 0 Å². The van der Waals surface area contributed by atoms with Crippen LogP contribution in [0.4, 0.5) is 43.9 Å². The highest BCUT2D eigenvalue weighted by Gasteiger charge is 2.68. The van der Waals surface area contributed by atoms with Gasteiger partial charge in [0.1, 0.15) is 0 Å². The van der Waals surface area contributed by atoms with Crippen LogP contribution in [0.15, 0.2) is 0 Å². The lowest BCUT2D eigenvalue weighted by Gasteiger charge is -2.37. The van der Waals surface area contributed by atoms with E-state index in [2.05, 4.69) is 14.0 Å². The van der Waals surface area contributed by atoms with Gasteiger partial charge in [0.25, 0.3) is 0 Å². The first-order valence-electron chi connectivity index (χ1n) is 9.43. The second-order valence-corrected chi connectivity index (χ2v) is 11.1. The molecule has 1 rings (SSSR count). The van der Waals surface area contributed by atoms with Crippen LogP contribution in [0.5, 0.6) is 0 Å². The maximum absolute atomic E-state index is 12.3. The third-order valence-corrected chi connectivity index (χ3v) is 8.03. The Kier molecular flexibility index (Phi) is 10.5. The Bertz CT molecular complexity index is 780. The average molecular weight is 550 g/mol. The molecule has 200 valence electrons. The SMILES string of the molecule is CCCCC[N+]1(C)CCCCC1.O=S(=O)([N-]S(=O)(=O)C(F)(F)C(F)(F)F)C(F)(F)C(F)(F)F. The van der Waals surface area contributed by atoms with Crippen LogP contribution in [0, 0.1) is 0 Å². The van der Waals surface area contributed by atoms with Crippen molar-refractivity contribution in [3.63, 3.8) is 0 Å². The number of quaternary nitrogens is 1. The van der Waals surface area contributed by atoms with Crippen LogP contribution in [-0.2, 0) is 20.0 Å². The van der Waals surface area contributed by atoms with Crippen LogP contribution in [0.2, 0.25) is 0 Å². The summed E-state index contributed by atoms with van der Waals surface area (Å²) in [6.45, 7) is 6.58. The van der Waals surface area contributed by atoms with Gasteiger partial charge in [-0.05, 0) is 32.1 Å². The van der Waals surface area contributed by atoms with Gasteiger partial charge in [0, 0.05) is 0 Å². The van der Waals surface area contributed by atoms with Crippen molar-refractivity contribution in [1.82, 2.24) is 0 Å². The van der Waals surface area contributed by atoms with Gasteiger partial charge in [0.2, 0.25) is 0 Å². The van der Waals surface area contributed by atoms with Crippen molar-refractivity contribution in [3.05, 3.63) is 4.13 Å². The van der Waals surface area contributed by atoms with Gasteiger partial charge in [-0.1, -0.05) is 13.3 Å². The molecular weight excluding hydrogens is 526 g/mol. The molecule has 33 heavy (non-hydrogen) atoms. The smallest absolute Gasteiger partial charge is 0.425 e. The lowest BCUT2D eigenvalue weighted by Crippen LogP contribution is -2.48. The first-order chi connectivity index (χ1) is 14.5. The van der Waals surface area contributed by atoms with Crippen molar-refractivity contribution >= 4 is 20.0 Å². The Morgan fingerprint density at radius 1 is 0.697 bits per heavy atom. The molecule has 1 saturated heterocycles. The molecule has 0 N–H and O–H groups in total. The molecule has 0 bridgehead atoms. The van der Waals surface area contributed by atoms with Gasteiger partial charge < -0.3 is 8.61 Å². The standard InChI is InChI=1S/C11H24N.C4F10NO4S2/c1-3-4-6-9-12(2)10-7-5-8-11-12;5-1(6,7)3(11,12)20(16,17)15-21(18,19)4(13,14)2(8,9)10/h3-11H2,1-2H3;/q+1;-1. The molecule has 1 heterocycles. The number of piperidine rings is 1. The summed E-state index contributed by atoms with van der Waals surface area (Å²) in [5.41, 5.74) is 0. The molecule has 0 aromatic carbocycles. The van der Waals surface area contributed by atoms with Gasteiger partial charge in [0.05, 0.1) is 26.7 Å². The van der Waals surface area contributed by atoms with Crippen molar-refractivity contribution < 1.29 is 65.2 Å². The third-order valence-electron chi connectivity index (χ3n) is 4.70. The largest absolute Gasteiger partial charge is 0.467 e. The fraction of sp³-hybridized carbons (Fsp3) is 1.00. The predicted octanol–water partition coefficient (Wildman–Crippen LogP) is 5.14. The monoisotopic (exact) mass is 550 g/mol. The number of alkyl halides is 10. The number of likely N-dealkylation sites (tertiary alicyclic amines) is 1. The number of halogens is 10. The van der Waals surface area contributed by atoms with Crippen molar-refractivity contribution in [3.8, 4) is 0 Å². The molecule has 0 unspecified atom stereocenters. The number of rotatable bonds is 8. The van der Waals surface area contributed by atoms with E-state index in [1.807, 2.05) is 0 Å². The zero-order valence-electron chi connectivity index (χ0n) is 17.5. The van der Waals surface area contributed by atoms with Gasteiger partial charge >= 0.3 is 22.9 Å². The first-order valence-corrected chi connectivity index (χ1v) is 12.3.